The number of amides is 1. The van der Waals surface area contributed by atoms with Crippen LogP contribution < -0.4 is 14.8 Å². The lowest BCUT2D eigenvalue weighted by atomic mass is 10.3. The van der Waals surface area contributed by atoms with E-state index in [1.165, 1.54) is 18.3 Å². The van der Waals surface area contributed by atoms with Gasteiger partial charge in [-0.1, -0.05) is 11.8 Å². The molecule has 2 aromatic carbocycles. The summed E-state index contributed by atoms with van der Waals surface area (Å²) in [5, 5.41) is 2.70. The SMILES string of the molecule is CC(=O)Oc1ccc(OCC(=O)Nc2ccc3nc(SCCC(F)(F)F)sc3c2)cc1. The maximum atomic E-state index is 12.3. The summed E-state index contributed by atoms with van der Waals surface area (Å²) in [7, 11) is 0. The van der Waals surface area contributed by atoms with Gasteiger partial charge in [0.25, 0.3) is 5.91 Å². The van der Waals surface area contributed by atoms with E-state index in [4.69, 9.17) is 9.47 Å². The Morgan fingerprint density at radius 1 is 1.13 bits per heavy atom. The average Bonchev–Trinajstić information content (AvgIpc) is 3.08. The number of ether oxygens (including phenoxy) is 2. The van der Waals surface area contributed by atoms with Crippen molar-refractivity contribution in [2.24, 2.45) is 0 Å². The first kappa shape index (κ1) is 22.9. The first-order valence-corrected chi connectivity index (χ1v) is 10.8. The normalized spacial score (nSPS) is 11.4. The topological polar surface area (TPSA) is 77.5 Å². The Labute approximate surface area is 183 Å². The van der Waals surface area contributed by atoms with Gasteiger partial charge in [-0.3, -0.25) is 9.59 Å². The van der Waals surface area contributed by atoms with E-state index in [0.717, 1.165) is 16.5 Å². The van der Waals surface area contributed by atoms with Gasteiger partial charge in [0.15, 0.2) is 10.9 Å². The van der Waals surface area contributed by atoms with Crippen LogP contribution in [0, 0.1) is 0 Å². The van der Waals surface area contributed by atoms with E-state index >= 15 is 0 Å². The summed E-state index contributed by atoms with van der Waals surface area (Å²) in [6.07, 6.45) is -5.06. The van der Waals surface area contributed by atoms with Gasteiger partial charge in [-0.15, -0.1) is 11.3 Å². The molecule has 3 rings (SSSR count). The van der Waals surface area contributed by atoms with Gasteiger partial charge in [0.05, 0.1) is 16.6 Å². The predicted molar refractivity (Wildman–Crippen MR) is 113 cm³/mol. The zero-order valence-corrected chi connectivity index (χ0v) is 17.8. The molecule has 1 aromatic heterocycles. The summed E-state index contributed by atoms with van der Waals surface area (Å²) in [5.74, 6) is -0.0974. The second-order valence-electron chi connectivity index (χ2n) is 6.28. The molecule has 1 heterocycles. The van der Waals surface area contributed by atoms with Crippen molar-refractivity contribution in [2.45, 2.75) is 23.9 Å². The number of aromatic nitrogens is 1. The minimum atomic E-state index is -4.19. The molecule has 0 spiro atoms. The minimum Gasteiger partial charge on any atom is -0.484 e. The van der Waals surface area contributed by atoms with Gasteiger partial charge >= 0.3 is 12.1 Å². The van der Waals surface area contributed by atoms with Crippen molar-refractivity contribution in [1.29, 1.82) is 0 Å². The van der Waals surface area contributed by atoms with Gasteiger partial charge in [0, 0.05) is 18.4 Å². The Hall–Kier alpha value is -2.79. The highest BCUT2D eigenvalue weighted by atomic mass is 32.2. The Morgan fingerprint density at radius 2 is 1.84 bits per heavy atom. The van der Waals surface area contributed by atoms with E-state index in [-0.39, 0.29) is 18.3 Å². The van der Waals surface area contributed by atoms with Crippen LogP contribution >= 0.6 is 23.1 Å². The van der Waals surface area contributed by atoms with Crippen LogP contribution in [0.15, 0.2) is 46.8 Å². The fourth-order valence-corrected chi connectivity index (χ4v) is 4.58. The molecule has 1 N–H and O–H groups in total. The van der Waals surface area contributed by atoms with Crippen molar-refractivity contribution < 1.29 is 32.2 Å². The lowest BCUT2D eigenvalue weighted by Crippen LogP contribution is -2.20. The summed E-state index contributed by atoms with van der Waals surface area (Å²) < 4.78 is 48.4. The molecule has 0 saturated carbocycles. The van der Waals surface area contributed by atoms with Crippen LogP contribution in [0.2, 0.25) is 0 Å². The third-order valence-electron chi connectivity index (χ3n) is 3.72. The highest BCUT2D eigenvalue weighted by Crippen LogP contribution is 2.33. The average molecular weight is 470 g/mol. The molecule has 0 fully saturated rings. The molecular formula is C20H17F3N2O4S2. The quantitative estimate of drug-likeness (QED) is 0.274. The summed E-state index contributed by atoms with van der Waals surface area (Å²) in [6, 6.07) is 11.3. The number of nitrogens with one attached hydrogen (secondary N) is 1. The largest absolute Gasteiger partial charge is 0.484 e. The Kier molecular flexibility index (Phi) is 7.39. The molecule has 6 nitrogen and oxygen atoms in total. The van der Waals surface area contributed by atoms with Crippen LogP contribution in [-0.4, -0.2) is 35.4 Å². The molecule has 0 bridgehead atoms. The molecule has 11 heteroatoms. The number of thioether (sulfide) groups is 1. The number of carbonyl (C=O) groups is 2. The second kappa shape index (κ2) is 10.0. The van der Waals surface area contributed by atoms with E-state index in [0.29, 0.717) is 27.0 Å². The van der Waals surface area contributed by atoms with Crippen LogP contribution in [0.5, 0.6) is 11.5 Å². The number of carbonyl (C=O) groups excluding carboxylic acids is 2. The molecule has 0 unspecified atom stereocenters. The van der Waals surface area contributed by atoms with Gasteiger partial charge in [-0.05, 0) is 42.5 Å². The summed E-state index contributed by atoms with van der Waals surface area (Å²) in [6.45, 7) is 1.07. The zero-order chi connectivity index (χ0) is 22.4. The first-order valence-electron chi connectivity index (χ1n) is 8.99. The summed E-state index contributed by atoms with van der Waals surface area (Å²) in [5.41, 5.74) is 1.18. The maximum absolute atomic E-state index is 12.3. The van der Waals surface area contributed by atoms with Gasteiger partial charge in [0.1, 0.15) is 11.5 Å². The highest BCUT2D eigenvalue weighted by Gasteiger charge is 2.26. The minimum absolute atomic E-state index is 0.0912. The van der Waals surface area contributed by atoms with Gasteiger partial charge in [-0.25, -0.2) is 4.98 Å². The smallest absolute Gasteiger partial charge is 0.389 e. The van der Waals surface area contributed by atoms with E-state index in [1.807, 2.05) is 0 Å². The van der Waals surface area contributed by atoms with E-state index < -0.39 is 18.6 Å². The number of benzene rings is 2. The molecule has 3 aromatic rings. The van der Waals surface area contributed by atoms with Crippen molar-refractivity contribution in [3.05, 3.63) is 42.5 Å². The predicted octanol–water partition coefficient (Wildman–Crippen LogP) is 5.28. The lowest BCUT2D eigenvalue weighted by Gasteiger charge is -2.08. The molecule has 0 saturated heterocycles. The van der Waals surface area contributed by atoms with E-state index in [2.05, 4.69) is 10.3 Å². The number of esters is 1. The van der Waals surface area contributed by atoms with Gasteiger partial charge in [0.2, 0.25) is 0 Å². The number of hydrogen-bond acceptors (Lipinski definition) is 7. The zero-order valence-electron chi connectivity index (χ0n) is 16.2. The number of fused-ring (bicyclic) bond motifs is 1. The number of nitrogens with zero attached hydrogens (tertiary/aromatic N) is 1. The van der Waals surface area contributed by atoms with Gasteiger partial charge < -0.3 is 14.8 Å². The number of anilines is 1. The van der Waals surface area contributed by atoms with Crippen molar-refractivity contribution in [2.75, 3.05) is 17.7 Å². The monoisotopic (exact) mass is 470 g/mol. The van der Waals surface area contributed by atoms with Crippen molar-refractivity contribution in [1.82, 2.24) is 4.98 Å². The molecule has 0 aliphatic heterocycles. The maximum Gasteiger partial charge on any atom is 0.389 e. The lowest BCUT2D eigenvalue weighted by molar-refractivity contribution is -0.132. The first-order chi connectivity index (χ1) is 14.7. The van der Waals surface area contributed by atoms with Crippen LogP contribution in [-0.2, 0) is 9.59 Å². The molecule has 0 atom stereocenters. The Morgan fingerprint density at radius 3 is 2.52 bits per heavy atom. The number of rotatable bonds is 8. The van der Waals surface area contributed by atoms with Crippen LogP contribution in [0.1, 0.15) is 13.3 Å². The number of thiazole rings is 1. The molecule has 164 valence electrons. The van der Waals surface area contributed by atoms with E-state index in [9.17, 15) is 22.8 Å². The summed E-state index contributed by atoms with van der Waals surface area (Å²) in [4.78, 5) is 27.3. The number of halogens is 3. The highest BCUT2D eigenvalue weighted by molar-refractivity contribution is 8.01. The van der Waals surface area contributed by atoms with Crippen molar-refractivity contribution in [3.63, 3.8) is 0 Å². The van der Waals surface area contributed by atoms with Crippen molar-refractivity contribution >= 4 is 50.9 Å². The van der Waals surface area contributed by atoms with E-state index in [1.54, 1.807) is 42.5 Å². The third kappa shape index (κ3) is 7.44. The summed E-state index contributed by atoms with van der Waals surface area (Å²) >= 11 is 2.33. The third-order valence-corrected chi connectivity index (χ3v) is 5.88. The van der Waals surface area contributed by atoms with Gasteiger partial charge in [-0.2, -0.15) is 13.2 Å². The number of alkyl halides is 3. The molecule has 31 heavy (non-hydrogen) atoms. The molecule has 1 amide bonds. The fourth-order valence-electron chi connectivity index (χ4n) is 2.41. The van der Waals surface area contributed by atoms with Crippen LogP contribution in [0.3, 0.4) is 0 Å². The van der Waals surface area contributed by atoms with Crippen LogP contribution in [0.25, 0.3) is 10.2 Å². The van der Waals surface area contributed by atoms with Crippen LogP contribution in [0.4, 0.5) is 18.9 Å². The van der Waals surface area contributed by atoms with Crippen molar-refractivity contribution in [3.8, 4) is 11.5 Å². The standard InChI is InChI=1S/C20H17F3N2O4S2/c1-12(26)29-15-5-3-14(4-6-15)28-11-18(27)24-13-2-7-16-17(10-13)31-19(25-16)30-9-8-20(21,22)23/h2-7,10H,8-9,11H2,1H3,(H,24,27). The molecule has 0 aliphatic carbocycles. The number of hydrogen-bond donors (Lipinski definition) is 1. The second-order valence-corrected chi connectivity index (χ2v) is 8.65. The molecule has 0 aliphatic rings. The fraction of sp³-hybridized carbons (Fsp3) is 0.250. The Bertz CT molecular complexity index is 1070. The molecule has 0 radical (unpaired) electrons. The molecular weight excluding hydrogens is 453 g/mol. The Balaban J connectivity index is 1.52.